The van der Waals surface area contributed by atoms with E-state index < -0.39 is 0 Å². The molecule has 0 nitrogen and oxygen atoms in total. The van der Waals surface area contributed by atoms with Gasteiger partial charge in [-0.3, -0.25) is 0 Å². The quantitative estimate of drug-likeness (QED) is 0.480. The highest BCUT2D eigenvalue weighted by Gasteiger charge is 2.02. The van der Waals surface area contributed by atoms with Crippen molar-refractivity contribution in [3.63, 3.8) is 0 Å². The first-order valence-electron chi connectivity index (χ1n) is 4.14. The standard InChI is InChI=1S/C8H12.C2H6/c1-7-5-3-4-6-8(7)2;1-2/h3-5,8H,6H2,1-2H3;1-2H3/t8-;/m1./s1. The molecule has 0 heteroatoms. The Kier molecular flexibility index (Phi) is 5.00. The van der Waals surface area contributed by atoms with Crippen molar-refractivity contribution in [2.75, 3.05) is 0 Å². The van der Waals surface area contributed by atoms with Crippen LogP contribution in [0.4, 0.5) is 0 Å². The molecule has 0 aromatic heterocycles. The summed E-state index contributed by atoms with van der Waals surface area (Å²) < 4.78 is 0. The summed E-state index contributed by atoms with van der Waals surface area (Å²) in [6, 6.07) is 0. The maximum Gasteiger partial charge on any atom is -0.0197 e. The third-order valence-corrected chi connectivity index (χ3v) is 1.76. The third-order valence-electron chi connectivity index (χ3n) is 1.76. The van der Waals surface area contributed by atoms with Gasteiger partial charge in [0.25, 0.3) is 0 Å². The largest absolute Gasteiger partial charge is 0.0840 e. The Morgan fingerprint density at radius 1 is 1.40 bits per heavy atom. The molecule has 1 aliphatic rings. The van der Waals surface area contributed by atoms with Crippen molar-refractivity contribution in [1.82, 2.24) is 0 Å². The number of hydrogen-bond donors (Lipinski definition) is 0. The molecular weight excluding hydrogens is 120 g/mol. The molecule has 0 bridgehead atoms. The van der Waals surface area contributed by atoms with E-state index in [0.717, 1.165) is 5.92 Å². The van der Waals surface area contributed by atoms with E-state index in [4.69, 9.17) is 0 Å². The van der Waals surface area contributed by atoms with Gasteiger partial charge < -0.3 is 0 Å². The summed E-state index contributed by atoms with van der Waals surface area (Å²) in [5.41, 5.74) is 1.51. The van der Waals surface area contributed by atoms with Crippen molar-refractivity contribution in [3.05, 3.63) is 23.8 Å². The van der Waals surface area contributed by atoms with E-state index in [2.05, 4.69) is 32.1 Å². The Morgan fingerprint density at radius 3 is 2.30 bits per heavy atom. The molecule has 0 aliphatic heterocycles. The fourth-order valence-corrected chi connectivity index (χ4v) is 0.853. The van der Waals surface area contributed by atoms with E-state index in [1.165, 1.54) is 12.0 Å². The first-order chi connectivity index (χ1) is 4.80. The average Bonchev–Trinajstić information content (AvgIpc) is 2.00. The van der Waals surface area contributed by atoms with Gasteiger partial charge in [0.1, 0.15) is 0 Å². The maximum atomic E-state index is 2.26. The topological polar surface area (TPSA) is 0 Å². The first kappa shape index (κ1) is 9.48. The monoisotopic (exact) mass is 138 g/mol. The second kappa shape index (κ2) is 5.28. The first-order valence-corrected chi connectivity index (χ1v) is 4.14. The van der Waals surface area contributed by atoms with Crippen LogP contribution in [0.25, 0.3) is 0 Å². The summed E-state index contributed by atoms with van der Waals surface area (Å²) in [5, 5.41) is 0. The third kappa shape index (κ3) is 2.86. The molecule has 0 amide bonds. The Balaban J connectivity index is 0.000000371. The summed E-state index contributed by atoms with van der Waals surface area (Å²) in [4.78, 5) is 0. The molecule has 1 aliphatic carbocycles. The average molecular weight is 138 g/mol. The predicted octanol–water partition coefficient (Wildman–Crippen LogP) is 3.55. The van der Waals surface area contributed by atoms with Gasteiger partial charge in [0, 0.05) is 0 Å². The van der Waals surface area contributed by atoms with Crippen LogP contribution in [-0.2, 0) is 0 Å². The van der Waals surface area contributed by atoms with Crippen LogP contribution in [0.5, 0.6) is 0 Å². The molecule has 0 spiro atoms. The molecular formula is C10H18. The summed E-state index contributed by atoms with van der Waals surface area (Å²) in [6.07, 6.45) is 7.77. The van der Waals surface area contributed by atoms with E-state index in [0.29, 0.717) is 0 Å². The Morgan fingerprint density at radius 2 is 2.00 bits per heavy atom. The van der Waals surface area contributed by atoms with Gasteiger partial charge in [0.05, 0.1) is 0 Å². The van der Waals surface area contributed by atoms with Gasteiger partial charge in [0.15, 0.2) is 0 Å². The number of allylic oxidation sites excluding steroid dienone is 4. The fraction of sp³-hybridized carbons (Fsp3) is 0.600. The second-order valence-electron chi connectivity index (χ2n) is 2.48. The van der Waals surface area contributed by atoms with Crippen LogP contribution in [0.3, 0.4) is 0 Å². The molecule has 0 aromatic rings. The molecule has 0 saturated carbocycles. The van der Waals surface area contributed by atoms with E-state index >= 15 is 0 Å². The van der Waals surface area contributed by atoms with Crippen LogP contribution in [0.2, 0.25) is 0 Å². The second-order valence-corrected chi connectivity index (χ2v) is 2.48. The van der Waals surface area contributed by atoms with Crippen molar-refractivity contribution in [1.29, 1.82) is 0 Å². The van der Waals surface area contributed by atoms with Gasteiger partial charge in [-0.1, -0.05) is 44.6 Å². The zero-order valence-corrected chi connectivity index (χ0v) is 7.52. The van der Waals surface area contributed by atoms with Gasteiger partial charge in [-0.2, -0.15) is 0 Å². The summed E-state index contributed by atoms with van der Waals surface area (Å²) in [6.45, 7) is 8.45. The highest BCUT2D eigenvalue weighted by Crippen LogP contribution is 2.17. The Labute approximate surface area is 64.6 Å². The molecule has 1 atom stereocenters. The molecule has 58 valence electrons. The van der Waals surface area contributed by atoms with Gasteiger partial charge in [-0.25, -0.2) is 0 Å². The summed E-state index contributed by atoms with van der Waals surface area (Å²) in [7, 11) is 0. The van der Waals surface area contributed by atoms with Gasteiger partial charge >= 0.3 is 0 Å². The lowest BCUT2D eigenvalue weighted by molar-refractivity contribution is 0.687. The molecule has 0 unspecified atom stereocenters. The molecule has 0 saturated heterocycles. The van der Waals surface area contributed by atoms with Crippen LogP contribution in [-0.4, -0.2) is 0 Å². The molecule has 1 rings (SSSR count). The maximum absolute atomic E-state index is 2.26. The molecule has 0 heterocycles. The zero-order valence-electron chi connectivity index (χ0n) is 7.52. The fourth-order valence-electron chi connectivity index (χ4n) is 0.853. The van der Waals surface area contributed by atoms with E-state index in [9.17, 15) is 0 Å². The van der Waals surface area contributed by atoms with Crippen molar-refractivity contribution < 1.29 is 0 Å². The SMILES string of the molecule is CC.CC1=CC=CC[C@H]1C. The lowest BCUT2D eigenvalue weighted by Crippen LogP contribution is -1.96. The molecule has 0 radical (unpaired) electrons. The number of rotatable bonds is 0. The van der Waals surface area contributed by atoms with E-state index in [-0.39, 0.29) is 0 Å². The minimum atomic E-state index is 0.778. The molecule has 0 N–H and O–H groups in total. The normalized spacial score (nSPS) is 22.8. The van der Waals surface area contributed by atoms with E-state index in [1.807, 2.05) is 13.8 Å². The molecule has 10 heavy (non-hydrogen) atoms. The van der Waals surface area contributed by atoms with Gasteiger partial charge in [-0.05, 0) is 19.3 Å². The minimum Gasteiger partial charge on any atom is -0.0840 e. The summed E-state index contributed by atoms with van der Waals surface area (Å²) >= 11 is 0. The van der Waals surface area contributed by atoms with Crippen molar-refractivity contribution in [2.24, 2.45) is 5.92 Å². The zero-order chi connectivity index (χ0) is 7.98. The van der Waals surface area contributed by atoms with Crippen LogP contribution in [0.15, 0.2) is 23.8 Å². The van der Waals surface area contributed by atoms with Crippen molar-refractivity contribution in [3.8, 4) is 0 Å². The molecule has 0 aromatic carbocycles. The number of hydrogen-bond acceptors (Lipinski definition) is 0. The van der Waals surface area contributed by atoms with Crippen LogP contribution < -0.4 is 0 Å². The Bertz CT molecular complexity index is 129. The highest BCUT2D eigenvalue weighted by molar-refractivity contribution is 5.17. The van der Waals surface area contributed by atoms with Gasteiger partial charge in [-0.15, -0.1) is 0 Å². The lowest BCUT2D eigenvalue weighted by atomic mass is 9.95. The highest BCUT2D eigenvalue weighted by atomic mass is 14.1. The smallest absolute Gasteiger partial charge is 0.0197 e. The van der Waals surface area contributed by atoms with Crippen molar-refractivity contribution in [2.45, 2.75) is 34.1 Å². The molecule has 0 fully saturated rings. The van der Waals surface area contributed by atoms with Crippen LogP contribution in [0, 0.1) is 5.92 Å². The van der Waals surface area contributed by atoms with Gasteiger partial charge in [0.2, 0.25) is 0 Å². The summed E-state index contributed by atoms with van der Waals surface area (Å²) in [5.74, 6) is 0.778. The van der Waals surface area contributed by atoms with Crippen LogP contribution in [0.1, 0.15) is 34.1 Å². The van der Waals surface area contributed by atoms with E-state index in [1.54, 1.807) is 0 Å². The predicted molar refractivity (Wildman–Crippen MR) is 48.0 cm³/mol. The minimum absolute atomic E-state index is 0.778. The Hall–Kier alpha value is -0.520. The van der Waals surface area contributed by atoms with Crippen LogP contribution >= 0.6 is 0 Å². The lowest BCUT2D eigenvalue weighted by Gasteiger charge is -2.11. The van der Waals surface area contributed by atoms with Crippen molar-refractivity contribution >= 4 is 0 Å².